The molecule has 1 saturated heterocycles. The van der Waals surface area contributed by atoms with E-state index in [9.17, 15) is 17.2 Å². The van der Waals surface area contributed by atoms with Crippen molar-refractivity contribution in [3.8, 4) is 6.01 Å². The third-order valence-electron chi connectivity index (χ3n) is 3.74. The Balaban J connectivity index is 1.75. The predicted octanol–water partition coefficient (Wildman–Crippen LogP) is 2.75. The summed E-state index contributed by atoms with van der Waals surface area (Å²) in [5.74, 6) is -2.29. The molecule has 1 aliphatic heterocycles. The molecule has 10 heteroatoms. The van der Waals surface area contributed by atoms with Crippen LogP contribution in [0.15, 0.2) is 40.0 Å². The number of aromatic nitrogens is 2. The summed E-state index contributed by atoms with van der Waals surface area (Å²) in [6.45, 7) is 0.364. The molecular formula is C15H14BrF2N3O3S. The Labute approximate surface area is 152 Å². The Bertz CT molecular complexity index is 865. The van der Waals surface area contributed by atoms with Crippen LogP contribution in [0.1, 0.15) is 12.8 Å². The van der Waals surface area contributed by atoms with Crippen LogP contribution in [0.2, 0.25) is 0 Å². The second-order valence-corrected chi connectivity index (χ2v) is 8.36. The van der Waals surface area contributed by atoms with E-state index in [4.69, 9.17) is 4.74 Å². The van der Waals surface area contributed by atoms with Gasteiger partial charge in [0, 0.05) is 18.9 Å². The number of benzene rings is 1. The summed E-state index contributed by atoms with van der Waals surface area (Å²) in [7, 11) is -3.93. The number of halogens is 3. The van der Waals surface area contributed by atoms with Crippen molar-refractivity contribution < 1.29 is 21.9 Å². The van der Waals surface area contributed by atoms with E-state index in [1.165, 1.54) is 16.7 Å². The maximum atomic E-state index is 13.4. The predicted molar refractivity (Wildman–Crippen MR) is 88.5 cm³/mol. The van der Waals surface area contributed by atoms with Gasteiger partial charge >= 0.3 is 6.01 Å². The van der Waals surface area contributed by atoms with Crippen LogP contribution in [0.3, 0.4) is 0 Å². The van der Waals surface area contributed by atoms with Gasteiger partial charge in [0.05, 0.1) is 15.9 Å². The average Bonchev–Trinajstić information content (AvgIpc) is 2.59. The first-order chi connectivity index (χ1) is 11.9. The Hall–Kier alpha value is -1.65. The van der Waals surface area contributed by atoms with Crippen LogP contribution in [0.4, 0.5) is 8.78 Å². The van der Waals surface area contributed by atoms with Gasteiger partial charge in [-0.15, -0.1) is 0 Å². The Morgan fingerprint density at radius 1 is 1.20 bits per heavy atom. The molecule has 0 saturated carbocycles. The van der Waals surface area contributed by atoms with Crippen LogP contribution in [0.25, 0.3) is 0 Å². The summed E-state index contributed by atoms with van der Waals surface area (Å²) < 4.78 is 59.2. The number of ether oxygens (including phenoxy) is 1. The van der Waals surface area contributed by atoms with Gasteiger partial charge in [0.15, 0.2) is 11.6 Å². The van der Waals surface area contributed by atoms with Crippen LogP contribution in [-0.2, 0) is 10.0 Å². The molecule has 0 radical (unpaired) electrons. The quantitative estimate of drug-likeness (QED) is 0.740. The van der Waals surface area contributed by atoms with Crippen molar-refractivity contribution in [2.24, 2.45) is 0 Å². The number of hydrogen-bond donors (Lipinski definition) is 0. The first-order valence-corrected chi connectivity index (χ1v) is 9.69. The standard InChI is InChI=1S/C15H14BrF2N3O3S/c16-10-7-19-15(20-8-10)24-11-2-1-5-21(9-11)25(22,23)12-3-4-13(17)14(18)6-12/h3-4,6-8,11H,1-2,5,9H2. The van der Waals surface area contributed by atoms with Gasteiger partial charge in [0.1, 0.15) is 6.10 Å². The summed E-state index contributed by atoms with van der Waals surface area (Å²) in [5, 5.41) is 0. The van der Waals surface area contributed by atoms with Crippen molar-refractivity contribution >= 4 is 26.0 Å². The molecule has 1 unspecified atom stereocenters. The maximum Gasteiger partial charge on any atom is 0.316 e. The van der Waals surface area contributed by atoms with Crippen LogP contribution in [-0.4, -0.2) is 41.9 Å². The third kappa shape index (κ3) is 4.13. The molecule has 2 aromatic rings. The van der Waals surface area contributed by atoms with Crippen molar-refractivity contribution in [2.75, 3.05) is 13.1 Å². The lowest BCUT2D eigenvalue weighted by Gasteiger charge is -2.31. The van der Waals surface area contributed by atoms with Gasteiger partial charge in [0.25, 0.3) is 0 Å². The highest BCUT2D eigenvalue weighted by Crippen LogP contribution is 2.24. The van der Waals surface area contributed by atoms with Crippen molar-refractivity contribution in [3.05, 3.63) is 46.7 Å². The molecule has 1 aromatic carbocycles. The highest BCUT2D eigenvalue weighted by atomic mass is 79.9. The SMILES string of the molecule is O=S(=O)(c1ccc(F)c(F)c1)N1CCCC(Oc2ncc(Br)cn2)C1. The lowest BCUT2D eigenvalue weighted by atomic mass is 10.1. The molecule has 6 nitrogen and oxygen atoms in total. The lowest BCUT2D eigenvalue weighted by Crippen LogP contribution is -2.44. The summed E-state index contributed by atoms with van der Waals surface area (Å²) >= 11 is 3.22. The molecule has 0 bridgehead atoms. The van der Waals surface area contributed by atoms with Gasteiger partial charge in [-0.05, 0) is 47.0 Å². The molecule has 1 aromatic heterocycles. The number of piperidine rings is 1. The summed E-state index contributed by atoms with van der Waals surface area (Å²) in [5.41, 5.74) is 0. The van der Waals surface area contributed by atoms with E-state index in [0.29, 0.717) is 23.4 Å². The molecular weight excluding hydrogens is 420 g/mol. The zero-order valence-corrected chi connectivity index (χ0v) is 15.3. The molecule has 0 aliphatic carbocycles. The zero-order valence-electron chi connectivity index (χ0n) is 12.9. The van der Waals surface area contributed by atoms with Crippen molar-refractivity contribution in [3.63, 3.8) is 0 Å². The third-order valence-corrected chi connectivity index (χ3v) is 6.01. The number of nitrogens with zero attached hydrogens (tertiary/aromatic N) is 3. The second-order valence-electron chi connectivity index (χ2n) is 5.50. The fraction of sp³-hybridized carbons (Fsp3) is 0.333. The number of sulfonamides is 1. The second kappa shape index (κ2) is 7.30. The zero-order chi connectivity index (χ0) is 18.0. The van der Waals surface area contributed by atoms with Crippen LogP contribution in [0, 0.1) is 11.6 Å². The lowest BCUT2D eigenvalue weighted by molar-refractivity contribution is 0.119. The van der Waals surface area contributed by atoms with E-state index in [1.54, 1.807) is 0 Å². The van der Waals surface area contributed by atoms with E-state index in [0.717, 1.165) is 12.1 Å². The van der Waals surface area contributed by atoms with Gasteiger partial charge in [-0.2, -0.15) is 4.31 Å². The smallest absolute Gasteiger partial charge is 0.316 e. The van der Waals surface area contributed by atoms with Crippen molar-refractivity contribution in [2.45, 2.75) is 23.8 Å². The van der Waals surface area contributed by atoms with Crippen LogP contribution in [0.5, 0.6) is 6.01 Å². The fourth-order valence-electron chi connectivity index (χ4n) is 2.52. The topological polar surface area (TPSA) is 72.4 Å². The van der Waals surface area contributed by atoms with Gasteiger partial charge in [0.2, 0.25) is 10.0 Å². The largest absolute Gasteiger partial charge is 0.459 e. The van der Waals surface area contributed by atoms with Crippen LogP contribution < -0.4 is 4.74 Å². The Kier molecular flexibility index (Phi) is 5.30. The minimum Gasteiger partial charge on any atom is -0.459 e. The summed E-state index contributed by atoms with van der Waals surface area (Å²) in [6.07, 6.45) is 3.85. The van der Waals surface area contributed by atoms with Crippen molar-refractivity contribution in [1.29, 1.82) is 0 Å². The average molecular weight is 434 g/mol. The Morgan fingerprint density at radius 2 is 1.92 bits per heavy atom. The van der Waals surface area contributed by atoms with E-state index in [-0.39, 0.29) is 24.0 Å². The molecule has 0 N–H and O–H groups in total. The van der Waals surface area contributed by atoms with Gasteiger partial charge < -0.3 is 4.74 Å². The van der Waals surface area contributed by atoms with E-state index >= 15 is 0 Å². The number of rotatable bonds is 4. The molecule has 134 valence electrons. The molecule has 0 amide bonds. The highest BCUT2D eigenvalue weighted by molar-refractivity contribution is 9.10. The highest BCUT2D eigenvalue weighted by Gasteiger charge is 2.32. The molecule has 25 heavy (non-hydrogen) atoms. The monoisotopic (exact) mass is 433 g/mol. The fourth-order valence-corrected chi connectivity index (χ4v) is 4.24. The molecule has 3 rings (SSSR count). The number of hydrogen-bond acceptors (Lipinski definition) is 5. The van der Waals surface area contributed by atoms with E-state index in [1.807, 2.05) is 0 Å². The van der Waals surface area contributed by atoms with Crippen LogP contribution >= 0.6 is 15.9 Å². The van der Waals surface area contributed by atoms with Gasteiger partial charge in [-0.25, -0.2) is 27.2 Å². The minimum atomic E-state index is -3.93. The minimum absolute atomic E-state index is 0.0841. The first-order valence-electron chi connectivity index (χ1n) is 7.45. The summed E-state index contributed by atoms with van der Waals surface area (Å²) in [4.78, 5) is 7.71. The molecule has 0 spiro atoms. The molecule has 1 atom stereocenters. The normalized spacial score (nSPS) is 18.9. The molecule has 2 heterocycles. The first kappa shape index (κ1) is 18.2. The maximum absolute atomic E-state index is 13.4. The van der Waals surface area contributed by atoms with Gasteiger partial charge in [-0.1, -0.05) is 0 Å². The van der Waals surface area contributed by atoms with E-state index < -0.39 is 27.8 Å². The Morgan fingerprint density at radius 3 is 2.60 bits per heavy atom. The molecule has 1 fully saturated rings. The van der Waals surface area contributed by atoms with Crippen molar-refractivity contribution in [1.82, 2.24) is 14.3 Å². The summed E-state index contributed by atoms with van der Waals surface area (Å²) in [6, 6.07) is 2.69. The molecule has 1 aliphatic rings. The van der Waals surface area contributed by atoms with E-state index in [2.05, 4.69) is 25.9 Å². The van der Waals surface area contributed by atoms with Gasteiger partial charge in [-0.3, -0.25) is 0 Å².